The summed E-state index contributed by atoms with van der Waals surface area (Å²) in [5.74, 6) is -0.361. The highest BCUT2D eigenvalue weighted by Crippen LogP contribution is 2.53. The van der Waals surface area contributed by atoms with Crippen LogP contribution in [0.2, 0.25) is 0 Å². The Hall–Kier alpha value is 0.0400. The standard InChI is InChI=1S/C20H35IN2O4/c1-6-18(25,7-2)12-10-13(19(26,8-3)9-4)14(11-12)27-16(24)17(5,21)20-15(22-20)23-20/h12-15,22-23,25-26H,6-11H2,1-5H3. The van der Waals surface area contributed by atoms with Crippen LogP contribution < -0.4 is 10.6 Å². The van der Waals surface area contributed by atoms with E-state index in [0.29, 0.717) is 38.5 Å². The second kappa shape index (κ2) is 7.07. The van der Waals surface area contributed by atoms with Crippen molar-refractivity contribution in [2.45, 2.75) is 106 Å². The molecule has 0 amide bonds. The van der Waals surface area contributed by atoms with Gasteiger partial charge in [0.2, 0.25) is 0 Å². The Bertz CT molecular complexity index is 583. The summed E-state index contributed by atoms with van der Waals surface area (Å²) in [5.41, 5.74) is -1.97. The molecule has 0 aromatic heterocycles. The van der Waals surface area contributed by atoms with Gasteiger partial charge in [0.1, 0.15) is 11.8 Å². The number of alkyl halides is 1. The molecule has 1 saturated carbocycles. The molecule has 0 aromatic carbocycles. The van der Waals surface area contributed by atoms with E-state index in [1.54, 1.807) is 0 Å². The van der Waals surface area contributed by atoms with Crippen LogP contribution in [0.15, 0.2) is 0 Å². The Morgan fingerprint density at radius 1 is 1.07 bits per heavy atom. The molecule has 27 heavy (non-hydrogen) atoms. The third kappa shape index (κ3) is 3.35. The molecule has 4 unspecified atom stereocenters. The minimum atomic E-state index is -0.875. The van der Waals surface area contributed by atoms with E-state index in [0.717, 1.165) is 0 Å². The van der Waals surface area contributed by atoms with Gasteiger partial charge >= 0.3 is 5.97 Å². The number of nitrogens with one attached hydrogen (secondary N) is 2. The van der Waals surface area contributed by atoms with Gasteiger partial charge in [-0.3, -0.25) is 15.4 Å². The summed E-state index contributed by atoms with van der Waals surface area (Å²) in [5, 5.41) is 28.8. The third-order valence-electron chi connectivity index (χ3n) is 7.80. The number of hydrogen-bond acceptors (Lipinski definition) is 6. The maximum Gasteiger partial charge on any atom is 0.325 e. The Balaban J connectivity index is 1.80. The first-order chi connectivity index (χ1) is 12.5. The van der Waals surface area contributed by atoms with Crippen molar-refractivity contribution in [3.8, 4) is 0 Å². The summed E-state index contributed by atoms with van der Waals surface area (Å²) < 4.78 is 5.35. The number of carbonyl (C=O) groups is 1. The Morgan fingerprint density at radius 3 is 1.96 bits per heavy atom. The molecule has 7 heteroatoms. The Labute approximate surface area is 176 Å². The van der Waals surface area contributed by atoms with E-state index >= 15 is 0 Å². The zero-order valence-corrected chi connectivity index (χ0v) is 19.3. The molecule has 3 fully saturated rings. The smallest absolute Gasteiger partial charge is 0.325 e. The van der Waals surface area contributed by atoms with E-state index in [9.17, 15) is 15.0 Å². The topological polar surface area (TPSA) is 111 Å². The summed E-state index contributed by atoms with van der Waals surface area (Å²) in [6, 6.07) is 0. The number of aliphatic hydroxyl groups is 2. The molecule has 3 rings (SSSR count). The largest absolute Gasteiger partial charge is 0.461 e. The van der Waals surface area contributed by atoms with Crippen molar-refractivity contribution in [1.29, 1.82) is 0 Å². The molecule has 0 radical (unpaired) electrons. The molecule has 0 aromatic rings. The fraction of sp³-hybridized carbons (Fsp3) is 0.950. The van der Waals surface area contributed by atoms with Gasteiger partial charge in [0.05, 0.1) is 17.4 Å². The van der Waals surface area contributed by atoms with Crippen LogP contribution in [-0.2, 0) is 9.53 Å². The second-order valence-electron chi connectivity index (χ2n) is 8.87. The number of esters is 1. The maximum atomic E-state index is 13.0. The van der Waals surface area contributed by atoms with Gasteiger partial charge in [-0.1, -0.05) is 50.3 Å². The summed E-state index contributed by atoms with van der Waals surface area (Å²) in [7, 11) is 0. The van der Waals surface area contributed by atoms with Crippen molar-refractivity contribution in [2.24, 2.45) is 11.8 Å². The highest BCUT2D eigenvalue weighted by Gasteiger charge is 2.81. The van der Waals surface area contributed by atoms with E-state index in [1.807, 2.05) is 34.6 Å². The van der Waals surface area contributed by atoms with Gasteiger partial charge in [-0.05, 0) is 51.4 Å². The lowest BCUT2D eigenvalue weighted by Crippen LogP contribution is -2.50. The lowest BCUT2D eigenvalue weighted by molar-refractivity contribution is -0.159. The maximum absolute atomic E-state index is 13.0. The summed E-state index contributed by atoms with van der Waals surface area (Å²) >= 11 is 2.17. The van der Waals surface area contributed by atoms with Gasteiger partial charge in [0.15, 0.2) is 3.42 Å². The molecule has 4 atom stereocenters. The molecule has 2 heterocycles. The van der Waals surface area contributed by atoms with Crippen LogP contribution in [0.3, 0.4) is 0 Å². The number of carbonyl (C=O) groups excluding carboxylic acids is 1. The predicted molar refractivity (Wildman–Crippen MR) is 112 cm³/mol. The molecule has 2 aliphatic heterocycles. The first kappa shape index (κ1) is 21.7. The second-order valence-corrected chi connectivity index (χ2v) is 11.0. The van der Waals surface area contributed by atoms with Crippen LogP contribution in [-0.4, -0.2) is 48.7 Å². The number of fused-ring (bicyclic) bond motifs is 1. The highest BCUT2D eigenvalue weighted by atomic mass is 127. The molecule has 156 valence electrons. The number of rotatable bonds is 9. The van der Waals surface area contributed by atoms with Crippen LogP contribution in [0.25, 0.3) is 0 Å². The molecule has 0 spiro atoms. The van der Waals surface area contributed by atoms with Gasteiger partial charge < -0.3 is 14.9 Å². The summed E-state index contributed by atoms with van der Waals surface area (Å²) in [6.45, 7) is 9.86. The van der Waals surface area contributed by atoms with Crippen molar-refractivity contribution >= 4 is 28.6 Å². The fourth-order valence-electron chi connectivity index (χ4n) is 5.06. The zero-order valence-electron chi connectivity index (χ0n) is 17.1. The van der Waals surface area contributed by atoms with Gasteiger partial charge in [-0.15, -0.1) is 0 Å². The third-order valence-corrected chi connectivity index (χ3v) is 9.09. The number of halogens is 1. The molecule has 3 aliphatic rings. The molecule has 0 bridgehead atoms. The van der Waals surface area contributed by atoms with E-state index in [1.165, 1.54) is 0 Å². The van der Waals surface area contributed by atoms with Crippen molar-refractivity contribution in [1.82, 2.24) is 10.6 Å². The first-order valence-corrected chi connectivity index (χ1v) is 11.5. The number of ether oxygens (including phenoxy) is 1. The van der Waals surface area contributed by atoms with E-state index < -0.39 is 14.6 Å². The van der Waals surface area contributed by atoms with Crippen molar-refractivity contribution in [3.05, 3.63) is 0 Å². The first-order valence-electron chi connectivity index (χ1n) is 10.4. The predicted octanol–water partition coefficient (Wildman–Crippen LogP) is 2.45. The molecule has 1 aliphatic carbocycles. The van der Waals surface area contributed by atoms with Crippen molar-refractivity contribution in [2.75, 3.05) is 0 Å². The number of hydrogen-bond donors (Lipinski definition) is 4. The summed E-state index contributed by atoms with van der Waals surface area (Å²) in [6.07, 6.45) is 3.72. The minimum Gasteiger partial charge on any atom is -0.461 e. The van der Waals surface area contributed by atoms with Crippen LogP contribution in [0.1, 0.15) is 73.1 Å². The van der Waals surface area contributed by atoms with E-state index in [4.69, 9.17) is 4.74 Å². The average Bonchev–Trinajstić information content (AvgIpc) is 3.50. The molecule has 2 saturated heterocycles. The molecule has 6 nitrogen and oxygen atoms in total. The van der Waals surface area contributed by atoms with E-state index in [-0.39, 0.29) is 35.7 Å². The highest BCUT2D eigenvalue weighted by molar-refractivity contribution is 14.1. The average molecular weight is 494 g/mol. The van der Waals surface area contributed by atoms with Crippen molar-refractivity contribution in [3.63, 3.8) is 0 Å². The monoisotopic (exact) mass is 494 g/mol. The normalized spacial score (nSPS) is 37.5. The van der Waals surface area contributed by atoms with E-state index in [2.05, 4.69) is 33.2 Å². The molecular weight excluding hydrogens is 459 g/mol. The van der Waals surface area contributed by atoms with Crippen LogP contribution in [0.4, 0.5) is 0 Å². The van der Waals surface area contributed by atoms with Gasteiger partial charge in [-0.25, -0.2) is 0 Å². The molecule has 4 N–H and O–H groups in total. The quantitative estimate of drug-likeness (QED) is 0.170. The molecular formula is C20H35IN2O4. The van der Waals surface area contributed by atoms with Crippen LogP contribution >= 0.6 is 22.6 Å². The van der Waals surface area contributed by atoms with Crippen LogP contribution in [0.5, 0.6) is 0 Å². The Morgan fingerprint density at radius 2 is 1.56 bits per heavy atom. The lowest BCUT2D eigenvalue weighted by Gasteiger charge is -2.37. The van der Waals surface area contributed by atoms with Gasteiger partial charge in [0.25, 0.3) is 0 Å². The SMILES string of the molecule is CCC(O)(CC)C1CC(OC(=O)C(C)(I)C23NC2N3)C(C(O)(CC)CC)C1. The van der Waals surface area contributed by atoms with Gasteiger partial charge in [0, 0.05) is 5.92 Å². The Kier molecular flexibility index (Phi) is 5.70. The minimum absolute atomic E-state index is 0.0319. The fourth-order valence-corrected chi connectivity index (χ4v) is 5.81. The lowest BCUT2D eigenvalue weighted by atomic mass is 9.77. The zero-order chi connectivity index (χ0) is 20.3. The van der Waals surface area contributed by atoms with Gasteiger partial charge in [-0.2, -0.15) is 0 Å². The van der Waals surface area contributed by atoms with Crippen LogP contribution in [0, 0.1) is 11.8 Å². The van der Waals surface area contributed by atoms with Crippen molar-refractivity contribution < 1.29 is 19.7 Å². The summed E-state index contributed by atoms with van der Waals surface area (Å²) in [4.78, 5) is 13.0.